The summed E-state index contributed by atoms with van der Waals surface area (Å²) in [6.07, 6.45) is -25.3. The molecule has 0 bridgehead atoms. The fourth-order valence-corrected chi connectivity index (χ4v) is 7.30. The Hall–Kier alpha value is -2.20. The van der Waals surface area contributed by atoms with E-state index in [1.807, 2.05) is 0 Å². The minimum atomic E-state index is -3.04. The van der Waals surface area contributed by atoms with Gasteiger partial charge in [0.2, 0.25) is 0 Å². The molecule has 0 aliphatic carbocycles. The molecule has 1 unspecified atom stereocenters. The Morgan fingerprint density at radius 1 is 0.646 bits per heavy atom. The predicted molar refractivity (Wildman–Crippen MR) is 162 cm³/mol. The molecule has 0 radical (unpaired) electrons. The number of aliphatic hydroxyl groups excluding tert-OH is 9. The van der Waals surface area contributed by atoms with Crippen LogP contribution in [0.15, 0.2) is 60.7 Å². The second-order valence-corrected chi connectivity index (χ2v) is 13.0. The average molecular weight is 684 g/mol. The molecule has 2 aromatic carbocycles. The number of hydrogen-bond donors (Lipinski definition) is 13. The zero-order valence-electron chi connectivity index (χ0n) is 25.8. The van der Waals surface area contributed by atoms with Crippen molar-refractivity contribution >= 4 is 0 Å². The van der Waals surface area contributed by atoms with E-state index in [9.17, 15) is 61.3 Å². The molecule has 2 aromatic rings. The normalized spacial score (nSPS) is 45.9. The van der Waals surface area contributed by atoms with E-state index < -0.39 is 122 Å². The third kappa shape index (κ3) is 6.20. The van der Waals surface area contributed by atoms with E-state index in [4.69, 9.17) is 19.9 Å². The van der Waals surface area contributed by atoms with Gasteiger partial charge in [0.05, 0.1) is 19.3 Å². The molecular formula is C32H45NO15. The van der Waals surface area contributed by atoms with Crippen LogP contribution in [0.3, 0.4) is 0 Å². The first-order valence-electron chi connectivity index (χ1n) is 15.6. The van der Waals surface area contributed by atoms with E-state index in [-0.39, 0.29) is 0 Å². The Bertz CT molecular complexity index is 1350. The highest BCUT2D eigenvalue weighted by Crippen LogP contribution is 2.45. The number of hydrogen-bond acceptors (Lipinski definition) is 16. The molecule has 16 heteroatoms. The topological polar surface area (TPSA) is 296 Å². The maximum absolute atomic E-state index is 12.3. The first-order chi connectivity index (χ1) is 22.6. The molecule has 16 atom stereocenters. The first-order valence-corrected chi connectivity index (χ1v) is 15.6. The quantitative estimate of drug-likeness (QED) is 0.117. The van der Waals surface area contributed by atoms with Crippen molar-refractivity contribution in [1.82, 2.24) is 0 Å². The molecule has 268 valence electrons. The maximum Gasteiger partial charge on any atom is 0.173 e. The van der Waals surface area contributed by atoms with Gasteiger partial charge in [0, 0.05) is 12.8 Å². The minimum Gasteiger partial charge on any atom is -0.394 e. The van der Waals surface area contributed by atoms with Crippen LogP contribution in [0.25, 0.3) is 0 Å². The van der Waals surface area contributed by atoms with Gasteiger partial charge in [0.25, 0.3) is 0 Å². The van der Waals surface area contributed by atoms with Gasteiger partial charge in [0.1, 0.15) is 83.9 Å². The standard InChI is InChI=1S/C32H45NO15/c33-23-28(42)48-22(21(38)27-30(43,11-15-7-3-1-4-8-15)24(39)19(36)17(13-34)46-27)26(41)32(23,45)29-31(44,12-16-9-5-2-6-10-16)25(40)20(37)18(14-35)47-29/h1-10,17-29,34-45H,11-14,33H2/t17-,18-,19+,20+,21?,22-,23-,24+,25+,26-,27+,28+,29-,30-,31-,32-/m1/s1. The smallest absolute Gasteiger partial charge is 0.173 e. The van der Waals surface area contributed by atoms with Crippen LogP contribution < -0.4 is 5.73 Å². The highest BCUT2D eigenvalue weighted by atomic mass is 16.6. The SMILES string of the molecule is N[C@@H]1[C@@H](O)O[C@H](C(O)[C@@H]2O[C@H](CO)[C@H](O)[C@H](O)[C@]2(O)Cc2ccccc2)[C@@H](O)[C@@]1(O)[C@@H]1O[C@H](CO)[C@H](O)[C@H](O)[C@]1(O)Cc1ccccc1. The van der Waals surface area contributed by atoms with E-state index >= 15 is 0 Å². The summed E-state index contributed by atoms with van der Waals surface area (Å²) in [5.41, 5.74) is -1.25. The Morgan fingerprint density at radius 2 is 1.10 bits per heavy atom. The van der Waals surface area contributed by atoms with Crippen LogP contribution in [0.2, 0.25) is 0 Å². The van der Waals surface area contributed by atoms with Crippen LogP contribution in [-0.2, 0) is 27.1 Å². The number of rotatable bonds is 9. The molecule has 3 fully saturated rings. The van der Waals surface area contributed by atoms with Gasteiger partial charge in [-0.3, -0.25) is 0 Å². The monoisotopic (exact) mass is 683 g/mol. The summed E-state index contributed by atoms with van der Waals surface area (Å²) in [5, 5.41) is 134. The van der Waals surface area contributed by atoms with Gasteiger partial charge in [-0.05, 0) is 11.1 Å². The molecule has 3 aliphatic rings. The fraction of sp³-hybridized carbons (Fsp3) is 0.625. The van der Waals surface area contributed by atoms with Crippen molar-refractivity contribution in [1.29, 1.82) is 0 Å². The van der Waals surface area contributed by atoms with Gasteiger partial charge in [-0.1, -0.05) is 60.7 Å². The lowest BCUT2D eigenvalue weighted by Crippen LogP contribution is -2.83. The van der Waals surface area contributed by atoms with Crippen molar-refractivity contribution in [3.05, 3.63) is 71.8 Å². The predicted octanol–water partition coefficient (Wildman–Crippen LogP) is -5.61. The first kappa shape index (κ1) is 37.1. The molecule has 14 N–H and O–H groups in total. The highest BCUT2D eigenvalue weighted by Gasteiger charge is 2.70. The number of ether oxygens (including phenoxy) is 3. The minimum absolute atomic E-state index is 0.377. The van der Waals surface area contributed by atoms with Gasteiger partial charge in [-0.2, -0.15) is 0 Å². The number of aliphatic hydroxyl groups is 12. The second-order valence-electron chi connectivity index (χ2n) is 13.0. The largest absolute Gasteiger partial charge is 0.394 e. The highest BCUT2D eigenvalue weighted by molar-refractivity contribution is 5.26. The molecule has 48 heavy (non-hydrogen) atoms. The molecule has 0 spiro atoms. The van der Waals surface area contributed by atoms with Gasteiger partial charge < -0.3 is 81.2 Å². The van der Waals surface area contributed by atoms with Crippen molar-refractivity contribution in [2.24, 2.45) is 5.73 Å². The van der Waals surface area contributed by atoms with Gasteiger partial charge in [-0.25, -0.2) is 0 Å². The van der Waals surface area contributed by atoms with Crippen molar-refractivity contribution in [3.8, 4) is 0 Å². The molecule has 3 heterocycles. The summed E-state index contributed by atoms with van der Waals surface area (Å²) in [6, 6.07) is 14.1. The zero-order chi connectivity index (χ0) is 35.2. The molecule has 3 aliphatic heterocycles. The molecular weight excluding hydrogens is 638 g/mol. The van der Waals surface area contributed by atoms with E-state index in [0.717, 1.165) is 0 Å². The summed E-state index contributed by atoms with van der Waals surface area (Å²) >= 11 is 0. The summed E-state index contributed by atoms with van der Waals surface area (Å²) in [5.74, 6) is 0. The number of nitrogens with two attached hydrogens (primary N) is 1. The zero-order valence-corrected chi connectivity index (χ0v) is 25.8. The average Bonchev–Trinajstić information content (AvgIpc) is 3.08. The van der Waals surface area contributed by atoms with Crippen molar-refractivity contribution in [2.45, 2.75) is 109 Å². The van der Waals surface area contributed by atoms with Crippen molar-refractivity contribution in [3.63, 3.8) is 0 Å². The third-order valence-corrected chi connectivity index (χ3v) is 10.0. The van der Waals surface area contributed by atoms with Crippen LogP contribution in [0.5, 0.6) is 0 Å². The molecule has 5 rings (SSSR count). The van der Waals surface area contributed by atoms with E-state index in [0.29, 0.717) is 11.1 Å². The van der Waals surface area contributed by atoms with Gasteiger partial charge in [0.15, 0.2) is 6.29 Å². The summed E-state index contributed by atoms with van der Waals surface area (Å²) < 4.78 is 16.9. The van der Waals surface area contributed by atoms with Crippen LogP contribution in [0, 0.1) is 0 Å². The lowest BCUT2D eigenvalue weighted by Gasteiger charge is -2.59. The van der Waals surface area contributed by atoms with Gasteiger partial charge >= 0.3 is 0 Å². The summed E-state index contributed by atoms with van der Waals surface area (Å²) in [4.78, 5) is 0. The van der Waals surface area contributed by atoms with E-state index in [1.165, 1.54) is 0 Å². The third-order valence-electron chi connectivity index (χ3n) is 10.0. The van der Waals surface area contributed by atoms with Crippen molar-refractivity contribution < 1.29 is 75.5 Å². The fourth-order valence-electron chi connectivity index (χ4n) is 7.30. The molecule has 0 aromatic heterocycles. The van der Waals surface area contributed by atoms with Crippen LogP contribution in [0.1, 0.15) is 11.1 Å². The van der Waals surface area contributed by atoms with E-state index in [1.54, 1.807) is 60.7 Å². The maximum atomic E-state index is 12.3. The number of benzene rings is 2. The Morgan fingerprint density at radius 3 is 1.60 bits per heavy atom. The van der Waals surface area contributed by atoms with Crippen LogP contribution in [0.4, 0.5) is 0 Å². The summed E-state index contributed by atoms with van der Waals surface area (Å²) in [7, 11) is 0. The lowest BCUT2D eigenvalue weighted by atomic mass is 9.65. The lowest BCUT2D eigenvalue weighted by molar-refractivity contribution is -0.374. The van der Waals surface area contributed by atoms with Gasteiger partial charge in [-0.15, -0.1) is 0 Å². The Kier molecular flexibility index (Phi) is 11.0. The molecule has 0 amide bonds. The summed E-state index contributed by atoms with van der Waals surface area (Å²) in [6.45, 7) is -1.80. The van der Waals surface area contributed by atoms with Crippen LogP contribution >= 0.6 is 0 Å². The van der Waals surface area contributed by atoms with E-state index in [2.05, 4.69) is 0 Å². The van der Waals surface area contributed by atoms with Crippen molar-refractivity contribution in [2.75, 3.05) is 13.2 Å². The molecule has 0 saturated carbocycles. The van der Waals surface area contributed by atoms with Crippen LogP contribution in [-0.4, -0.2) is 171 Å². The molecule has 3 saturated heterocycles. The second kappa shape index (κ2) is 14.2. The Balaban J connectivity index is 1.56. The Labute approximate surface area is 275 Å². The molecule has 16 nitrogen and oxygen atoms in total.